The molecule has 0 aromatic heterocycles. The Kier molecular flexibility index (Phi) is 11.3. The molecule has 0 unspecified atom stereocenters. The van der Waals surface area contributed by atoms with Gasteiger partial charge < -0.3 is 10.2 Å². The van der Waals surface area contributed by atoms with E-state index in [4.69, 9.17) is 23.2 Å². The lowest BCUT2D eigenvalue weighted by molar-refractivity contribution is -0.141. The van der Waals surface area contributed by atoms with Crippen LogP contribution < -0.4 is 9.62 Å². The second kappa shape index (κ2) is 13.5. The van der Waals surface area contributed by atoms with Gasteiger partial charge in [-0.15, -0.1) is 0 Å². The fraction of sp³-hybridized carbons (Fsp3) is 0.481. The Bertz CT molecular complexity index is 1220. The predicted molar refractivity (Wildman–Crippen MR) is 152 cm³/mol. The van der Waals surface area contributed by atoms with Gasteiger partial charge in [-0.1, -0.05) is 48.3 Å². The van der Waals surface area contributed by atoms with Gasteiger partial charge in [0, 0.05) is 35.6 Å². The fourth-order valence-corrected chi connectivity index (χ4v) is 5.61. The Morgan fingerprint density at radius 3 is 2.32 bits per heavy atom. The number of rotatable bonds is 12. The van der Waals surface area contributed by atoms with Gasteiger partial charge in [-0.05, 0) is 75.4 Å². The first-order valence-corrected chi connectivity index (χ1v) is 14.9. The van der Waals surface area contributed by atoms with E-state index in [0.29, 0.717) is 27.7 Å². The Morgan fingerprint density at radius 2 is 1.76 bits per heavy atom. The second-order valence-electron chi connectivity index (χ2n) is 9.50. The molecule has 10 heteroatoms. The van der Waals surface area contributed by atoms with Crippen molar-refractivity contribution in [1.82, 2.24) is 10.2 Å². The van der Waals surface area contributed by atoms with Crippen LogP contribution in [0, 0.1) is 13.8 Å². The molecule has 0 fully saturated rings. The molecular formula is C27H37Cl2N3O4S. The van der Waals surface area contributed by atoms with E-state index in [9.17, 15) is 18.0 Å². The Morgan fingerprint density at radius 1 is 1.08 bits per heavy atom. The summed E-state index contributed by atoms with van der Waals surface area (Å²) >= 11 is 12.4. The Balaban J connectivity index is 2.29. The van der Waals surface area contributed by atoms with Gasteiger partial charge in [0.15, 0.2) is 0 Å². The van der Waals surface area contributed by atoms with Gasteiger partial charge in [-0.3, -0.25) is 13.9 Å². The van der Waals surface area contributed by atoms with E-state index in [1.165, 1.54) is 9.21 Å². The van der Waals surface area contributed by atoms with Crippen LogP contribution in [-0.4, -0.2) is 50.0 Å². The van der Waals surface area contributed by atoms with E-state index >= 15 is 0 Å². The molecule has 1 atom stereocenters. The van der Waals surface area contributed by atoms with Crippen molar-refractivity contribution >= 4 is 50.7 Å². The highest BCUT2D eigenvalue weighted by Crippen LogP contribution is 2.27. The molecular weight excluding hydrogens is 533 g/mol. The molecule has 0 aliphatic rings. The molecule has 2 amide bonds. The highest BCUT2D eigenvalue weighted by molar-refractivity contribution is 7.92. The largest absolute Gasteiger partial charge is 0.352 e. The minimum Gasteiger partial charge on any atom is -0.352 e. The number of halogens is 2. The number of benzene rings is 2. The zero-order valence-corrected chi connectivity index (χ0v) is 24.7. The van der Waals surface area contributed by atoms with Gasteiger partial charge in [0.25, 0.3) is 0 Å². The van der Waals surface area contributed by atoms with Crippen LogP contribution in [0.3, 0.4) is 0 Å². The summed E-state index contributed by atoms with van der Waals surface area (Å²) < 4.78 is 26.6. The summed E-state index contributed by atoms with van der Waals surface area (Å²) in [6.07, 6.45) is 1.92. The molecule has 7 nitrogen and oxygen atoms in total. The maximum absolute atomic E-state index is 13.5. The van der Waals surface area contributed by atoms with E-state index in [2.05, 4.69) is 5.32 Å². The number of nitrogens with zero attached hydrogens (tertiary/aromatic N) is 2. The van der Waals surface area contributed by atoms with Crippen LogP contribution in [0.1, 0.15) is 56.7 Å². The summed E-state index contributed by atoms with van der Waals surface area (Å²) in [6.45, 7) is 9.64. The third-order valence-electron chi connectivity index (χ3n) is 6.17. The van der Waals surface area contributed by atoms with Crippen molar-refractivity contribution in [2.45, 2.75) is 72.5 Å². The smallest absolute Gasteiger partial charge is 0.243 e. The summed E-state index contributed by atoms with van der Waals surface area (Å²) in [5.41, 5.74) is 3.12. The maximum Gasteiger partial charge on any atom is 0.243 e. The molecule has 2 rings (SSSR count). The van der Waals surface area contributed by atoms with Gasteiger partial charge in [-0.25, -0.2) is 8.42 Å². The van der Waals surface area contributed by atoms with Gasteiger partial charge >= 0.3 is 0 Å². The van der Waals surface area contributed by atoms with Crippen molar-refractivity contribution in [1.29, 1.82) is 0 Å². The first-order chi connectivity index (χ1) is 17.3. The van der Waals surface area contributed by atoms with Crippen molar-refractivity contribution in [3.63, 3.8) is 0 Å². The minimum atomic E-state index is -3.57. The third-order valence-corrected chi connectivity index (χ3v) is 7.94. The molecule has 37 heavy (non-hydrogen) atoms. The van der Waals surface area contributed by atoms with Crippen LogP contribution in [0.2, 0.25) is 10.0 Å². The molecule has 2 aromatic rings. The number of nitrogens with one attached hydrogen (secondary N) is 1. The molecule has 0 radical (unpaired) electrons. The van der Waals surface area contributed by atoms with Gasteiger partial charge in [-0.2, -0.15) is 0 Å². The second-order valence-corrected chi connectivity index (χ2v) is 12.3. The molecule has 1 N–H and O–H groups in total. The van der Waals surface area contributed by atoms with Crippen molar-refractivity contribution in [3.05, 3.63) is 63.1 Å². The topological polar surface area (TPSA) is 86.8 Å². The Hall–Kier alpha value is -2.29. The van der Waals surface area contributed by atoms with E-state index in [-0.39, 0.29) is 43.8 Å². The lowest BCUT2D eigenvalue weighted by Crippen LogP contribution is -2.50. The SMILES string of the molecule is CC[C@@H](C(=O)NC(C)C)N(Cc1ccc(Cl)cc1Cl)C(=O)CCCN(c1cccc(C)c1C)S(C)(=O)=O. The average molecular weight is 571 g/mol. The fourth-order valence-electron chi connectivity index (χ4n) is 4.12. The van der Waals surface area contributed by atoms with E-state index in [1.807, 2.05) is 46.8 Å². The van der Waals surface area contributed by atoms with Crippen LogP contribution >= 0.6 is 23.2 Å². The zero-order valence-electron chi connectivity index (χ0n) is 22.3. The van der Waals surface area contributed by atoms with Crippen molar-refractivity contribution < 1.29 is 18.0 Å². The van der Waals surface area contributed by atoms with Gasteiger partial charge in [0.2, 0.25) is 21.8 Å². The number of anilines is 1. The number of aryl methyl sites for hydroxylation is 1. The summed E-state index contributed by atoms with van der Waals surface area (Å²) in [5.74, 6) is -0.504. The molecule has 0 aliphatic heterocycles. The molecule has 0 saturated heterocycles. The first-order valence-electron chi connectivity index (χ1n) is 12.3. The maximum atomic E-state index is 13.5. The molecule has 0 saturated carbocycles. The summed E-state index contributed by atoms with van der Waals surface area (Å²) in [4.78, 5) is 28.0. The van der Waals surface area contributed by atoms with Crippen LogP contribution in [-0.2, 0) is 26.2 Å². The summed E-state index contributed by atoms with van der Waals surface area (Å²) in [5, 5.41) is 3.77. The number of hydrogen-bond donors (Lipinski definition) is 1. The summed E-state index contributed by atoms with van der Waals surface area (Å²) in [7, 11) is -3.57. The standard InChI is InChI=1S/C27H37Cl2N3O4S/c1-7-24(27(34)30-18(2)3)31(17-21-13-14-22(28)16-23(21)29)26(33)12-9-15-32(37(6,35)36)25-11-8-10-19(4)20(25)5/h8,10-11,13-14,16,18,24H,7,9,12,15,17H2,1-6H3,(H,30,34)/t24-/m0/s1. The number of carbonyl (C=O) groups is 2. The van der Waals surface area contributed by atoms with Crippen molar-refractivity contribution in [2.24, 2.45) is 0 Å². The number of hydrogen-bond acceptors (Lipinski definition) is 4. The lowest BCUT2D eigenvalue weighted by Gasteiger charge is -2.32. The van der Waals surface area contributed by atoms with Crippen molar-refractivity contribution in [3.8, 4) is 0 Å². The molecule has 204 valence electrons. The third kappa shape index (κ3) is 8.62. The quantitative estimate of drug-likeness (QED) is 0.366. The minimum absolute atomic E-state index is 0.0630. The number of carbonyl (C=O) groups excluding carboxylic acids is 2. The van der Waals surface area contributed by atoms with E-state index in [1.54, 1.807) is 24.3 Å². The monoisotopic (exact) mass is 569 g/mol. The molecule has 0 heterocycles. The van der Waals surface area contributed by atoms with Crippen LogP contribution in [0.4, 0.5) is 5.69 Å². The molecule has 0 spiro atoms. The average Bonchev–Trinajstić information content (AvgIpc) is 2.78. The van der Waals surface area contributed by atoms with E-state index in [0.717, 1.165) is 17.4 Å². The Labute approximate surface area is 231 Å². The van der Waals surface area contributed by atoms with E-state index < -0.39 is 16.1 Å². The van der Waals surface area contributed by atoms with Crippen LogP contribution in [0.15, 0.2) is 36.4 Å². The van der Waals surface area contributed by atoms with Gasteiger partial charge in [0.05, 0.1) is 11.9 Å². The first kappa shape index (κ1) is 30.9. The highest BCUT2D eigenvalue weighted by atomic mass is 35.5. The predicted octanol–water partition coefficient (Wildman–Crippen LogP) is 5.49. The highest BCUT2D eigenvalue weighted by Gasteiger charge is 2.30. The molecule has 2 aromatic carbocycles. The number of sulfonamides is 1. The van der Waals surface area contributed by atoms with Gasteiger partial charge in [0.1, 0.15) is 6.04 Å². The van der Waals surface area contributed by atoms with Crippen LogP contribution in [0.5, 0.6) is 0 Å². The molecule has 0 aliphatic carbocycles. The number of amides is 2. The normalized spacial score (nSPS) is 12.4. The summed E-state index contributed by atoms with van der Waals surface area (Å²) in [6, 6.07) is 9.75. The lowest BCUT2D eigenvalue weighted by atomic mass is 10.1. The molecule has 0 bridgehead atoms. The van der Waals surface area contributed by atoms with Crippen molar-refractivity contribution in [2.75, 3.05) is 17.1 Å². The zero-order chi connectivity index (χ0) is 27.9. The van der Waals surface area contributed by atoms with Crippen LogP contribution in [0.25, 0.3) is 0 Å².